The molecule has 1 aromatic rings. The van der Waals surface area contributed by atoms with E-state index in [9.17, 15) is 9.59 Å². The number of carbonyl (C=O) groups excluding carboxylic acids is 2. The monoisotopic (exact) mass is 401 g/mol. The van der Waals surface area contributed by atoms with Gasteiger partial charge in [0.05, 0.1) is 19.8 Å². The maximum atomic E-state index is 12.6. The van der Waals surface area contributed by atoms with Crippen molar-refractivity contribution in [2.45, 2.75) is 44.9 Å². The fourth-order valence-corrected chi connectivity index (χ4v) is 4.34. The average Bonchev–Trinajstić information content (AvgIpc) is 3.18. The summed E-state index contributed by atoms with van der Waals surface area (Å²) in [7, 11) is 0. The summed E-state index contributed by atoms with van der Waals surface area (Å²) >= 11 is 0. The highest BCUT2D eigenvalue weighted by atomic mass is 16.5. The standard InChI is InChI=1S/C21H31N5O3/c1-2-17-14-18(24-10-12-29-13-11-24)23-21(22-17)16-5-8-25(9-6-16)20(28)15-26-7-3-4-19(26)27/h14,16H,2-13,15H2,1H3. The highest BCUT2D eigenvalue weighted by Crippen LogP contribution is 2.28. The second-order valence-corrected chi connectivity index (χ2v) is 8.10. The summed E-state index contributed by atoms with van der Waals surface area (Å²) in [6.45, 7) is 7.67. The Bertz CT molecular complexity index is 742. The van der Waals surface area contributed by atoms with E-state index < -0.39 is 0 Å². The molecule has 4 rings (SSSR count). The predicted octanol–water partition coefficient (Wildman–Crippen LogP) is 1.20. The Hall–Kier alpha value is -2.22. The third-order valence-electron chi connectivity index (χ3n) is 6.19. The Balaban J connectivity index is 1.38. The summed E-state index contributed by atoms with van der Waals surface area (Å²) in [5, 5.41) is 0. The van der Waals surface area contributed by atoms with Crippen LogP contribution in [0.3, 0.4) is 0 Å². The molecule has 8 nitrogen and oxygen atoms in total. The topological polar surface area (TPSA) is 78.9 Å². The van der Waals surface area contributed by atoms with E-state index in [0.29, 0.717) is 26.1 Å². The zero-order chi connectivity index (χ0) is 20.2. The maximum absolute atomic E-state index is 12.6. The molecule has 0 spiro atoms. The molecule has 0 bridgehead atoms. The maximum Gasteiger partial charge on any atom is 0.242 e. The molecule has 3 aliphatic rings. The molecule has 8 heteroatoms. The smallest absolute Gasteiger partial charge is 0.242 e. The van der Waals surface area contributed by atoms with E-state index >= 15 is 0 Å². The number of ether oxygens (including phenoxy) is 1. The summed E-state index contributed by atoms with van der Waals surface area (Å²) in [5.41, 5.74) is 1.07. The minimum atomic E-state index is 0.0657. The van der Waals surface area contributed by atoms with E-state index in [-0.39, 0.29) is 24.3 Å². The van der Waals surface area contributed by atoms with Crippen LogP contribution < -0.4 is 4.90 Å². The van der Waals surface area contributed by atoms with Gasteiger partial charge in [0.25, 0.3) is 0 Å². The average molecular weight is 402 g/mol. The minimum Gasteiger partial charge on any atom is -0.378 e. The molecule has 0 saturated carbocycles. The van der Waals surface area contributed by atoms with Gasteiger partial charge < -0.3 is 19.4 Å². The lowest BCUT2D eigenvalue weighted by Gasteiger charge is -2.33. The molecule has 1 aromatic heterocycles. The van der Waals surface area contributed by atoms with Crippen molar-refractivity contribution in [1.29, 1.82) is 0 Å². The lowest BCUT2D eigenvalue weighted by Crippen LogP contribution is -2.44. The Kier molecular flexibility index (Phi) is 6.28. The van der Waals surface area contributed by atoms with Crippen LogP contribution in [0.25, 0.3) is 0 Å². The zero-order valence-electron chi connectivity index (χ0n) is 17.3. The van der Waals surface area contributed by atoms with E-state index in [0.717, 1.165) is 69.3 Å². The van der Waals surface area contributed by atoms with Gasteiger partial charge in [-0.3, -0.25) is 9.59 Å². The fourth-order valence-electron chi connectivity index (χ4n) is 4.34. The molecule has 29 heavy (non-hydrogen) atoms. The van der Waals surface area contributed by atoms with Crippen molar-refractivity contribution in [1.82, 2.24) is 19.8 Å². The summed E-state index contributed by atoms with van der Waals surface area (Å²) in [5.74, 6) is 2.36. The summed E-state index contributed by atoms with van der Waals surface area (Å²) < 4.78 is 5.47. The zero-order valence-corrected chi connectivity index (χ0v) is 17.3. The number of likely N-dealkylation sites (tertiary alicyclic amines) is 2. The van der Waals surface area contributed by atoms with Crippen LogP contribution in [0.4, 0.5) is 5.82 Å². The van der Waals surface area contributed by atoms with Crippen molar-refractivity contribution in [3.63, 3.8) is 0 Å². The fraction of sp³-hybridized carbons (Fsp3) is 0.714. The largest absolute Gasteiger partial charge is 0.378 e. The Morgan fingerprint density at radius 3 is 2.55 bits per heavy atom. The lowest BCUT2D eigenvalue weighted by molar-refractivity contribution is -0.139. The molecule has 158 valence electrons. The minimum absolute atomic E-state index is 0.0657. The van der Waals surface area contributed by atoms with Gasteiger partial charge in [-0.05, 0) is 25.7 Å². The van der Waals surface area contributed by atoms with E-state index in [1.165, 1.54) is 0 Å². The van der Waals surface area contributed by atoms with E-state index in [4.69, 9.17) is 14.7 Å². The van der Waals surface area contributed by atoms with Crippen LogP contribution in [0.15, 0.2) is 6.07 Å². The second kappa shape index (κ2) is 9.07. The lowest BCUT2D eigenvalue weighted by atomic mass is 9.95. The first-order chi connectivity index (χ1) is 14.1. The van der Waals surface area contributed by atoms with Crippen molar-refractivity contribution >= 4 is 17.6 Å². The van der Waals surface area contributed by atoms with E-state index in [2.05, 4.69) is 17.9 Å². The number of piperidine rings is 1. The summed E-state index contributed by atoms with van der Waals surface area (Å²) in [4.78, 5) is 39.9. The highest BCUT2D eigenvalue weighted by Gasteiger charge is 2.29. The van der Waals surface area contributed by atoms with Crippen LogP contribution >= 0.6 is 0 Å². The first-order valence-corrected chi connectivity index (χ1v) is 10.9. The third-order valence-corrected chi connectivity index (χ3v) is 6.19. The van der Waals surface area contributed by atoms with Gasteiger partial charge >= 0.3 is 0 Å². The second-order valence-electron chi connectivity index (χ2n) is 8.10. The number of aromatic nitrogens is 2. The number of rotatable bonds is 5. The molecular formula is C21H31N5O3. The first kappa shape index (κ1) is 20.1. The van der Waals surface area contributed by atoms with Gasteiger partial charge in [-0.2, -0.15) is 0 Å². The SMILES string of the molecule is CCc1cc(N2CCOCC2)nc(C2CCN(C(=O)CN3CCCC3=O)CC2)n1. The molecule has 4 heterocycles. The number of aryl methyl sites for hydroxylation is 1. The van der Waals surface area contributed by atoms with Gasteiger partial charge in [-0.15, -0.1) is 0 Å². The van der Waals surface area contributed by atoms with Gasteiger partial charge in [0.2, 0.25) is 11.8 Å². The third kappa shape index (κ3) is 4.69. The van der Waals surface area contributed by atoms with E-state index in [1.54, 1.807) is 4.90 Å². The van der Waals surface area contributed by atoms with Crippen molar-refractivity contribution < 1.29 is 14.3 Å². The molecule has 0 aliphatic carbocycles. The van der Waals surface area contributed by atoms with Crippen LogP contribution in [0.5, 0.6) is 0 Å². The molecule has 0 unspecified atom stereocenters. The Morgan fingerprint density at radius 1 is 1.14 bits per heavy atom. The van der Waals surface area contributed by atoms with Crippen LogP contribution in [0, 0.1) is 0 Å². The number of hydrogen-bond acceptors (Lipinski definition) is 6. The van der Waals surface area contributed by atoms with Gasteiger partial charge in [-0.1, -0.05) is 6.92 Å². The summed E-state index contributed by atoms with van der Waals surface area (Å²) in [6, 6.07) is 2.10. The molecule has 2 amide bonds. The Labute approximate surface area is 172 Å². The molecule has 3 fully saturated rings. The molecule has 3 aliphatic heterocycles. The molecule has 0 atom stereocenters. The Morgan fingerprint density at radius 2 is 1.90 bits per heavy atom. The van der Waals surface area contributed by atoms with Gasteiger partial charge in [0.15, 0.2) is 0 Å². The number of nitrogens with zero attached hydrogens (tertiary/aromatic N) is 5. The van der Waals surface area contributed by atoms with Gasteiger partial charge in [0, 0.05) is 56.8 Å². The van der Waals surface area contributed by atoms with Crippen LogP contribution in [0.2, 0.25) is 0 Å². The van der Waals surface area contributed by atoms with Crippen LogP contribution in [0.1, 0.15) is 50.0 Å². The number of amides is 2. The molecule has 3 saturated heterocycles. The van der Waals surface area contributed by atoms with Gasteiger partial charge in [0.1, 0.15) is 11.6 Å². The predicted molar refractivity (Wildman–Crippen MR) is 109 cm³/mol. The molecule has 0 aromatic carbocycles. The number of hydrogen-bond donors (Lipinski definition) is 0. The first-order valence-electron chi connectivity index (χ1n) is 10.9. The normalized spacial score (nSPS) is 21.1. The van der Waals surface area contributed by atoms with E-state index in [1.807, 2.05) is 4.90 Å². The number of morpholine rings is 1. The van der Waals surface area contributed by atoms with Crippen LogP contribution in [-0.4, -0.2) is 84.1 Å². The van der Waals surface area contributed by atoms with Crippen LogP contribution in [-0.2, 0) is 20.7 Å². The molecule has 0 radical (unpaired) electrons. The van der Waals surface area contributed by atoms with Crippen molar-refractivity contribution in [3.8, 4) is 0 Å². The quantitative estimate of drug-likeness (QED) is 0.738. The molecular weight excluding hydrogens is 370 g/mol. The number of anilines is 1. The molecule has 0 N–H and O–H groups in total. The highest BCUT2D eigenvalue weighted by molar-refractivity contribution is 5.85. The van der Waals surface area contributed by atoms with Crippen molar-refractivity contribution in [3.05, 3.63) is 17.6 Å². The van der Waals surface area contributed by atoms with Crippen molar-refractivity contribution in [2.24, 2.45) is 0 Å². The van der Waals surface area contributed by atoms with Crippen molar-refractivity contribution in [2.75, 3.05) is 57.4 Å². The number of carbonyl (C=O) groups is 2. The van der Waals surface area contributed by atoms with Gasteiger partial charge in [-0.25, -0.2) is 9.97 Å². The summed E-state index contributed by atoms with van der Waals surface area (Å²) in [6.07, 6.45) is 4.07.